The third-order valence-corrected chi connectivity index (χ3v) is 7.76. The van der Waals surface area contributed by atoms with Crippen molar-refractivity contribution in [1.82, 2.24) is 19.4 Å². The number of benzene rings is 4. The molecule has 0 saturated heterocycles. The molecule has 0 radical (unpaired) electrons. The zero-order valence-corrected chi connectivity index (χ0v) is 22.1. The van der Waals surface area contributed by atoms with Crippen LogP contribution in [0.4, 0.5) is 0 Å². The lowest BCUT2D eigenvalue weighted by Crippen LogP contribution is -1.95. The molecule has 4 heteroatoms. The Bertz CT molecular complexity index is 2120. The predicted octanol–water partition coefficient (Wildman–Crippen LogP) is 9.10. The van der Waals surface area contributed by atoms with Crippen molar-refractivity contribution in [2.24, 2.45) is 0 Å². The lowest BCUT2D eigenvalue weighted by atomic mass is 9.93. The van der Waals surface area contributed by atoms with Gasteiger partial charge in [-0.3, -0.25) is 9.97 Å². The van der Waals surface area contributed by atoms with E-state index in [1.54, 1.807) is 0 Å². The standard InChI is InChI=1S/C37H24N4/c1-3-7-34-29(5-1)24-36-37(40-33-6-2-4-8-35(33)41(34)36)28-11-9-25(10-12-28)30-21-31(26-13-17-38-18-14-26)23-32(22-30)27-15-19-39-20-16-27/h1-24H. The molecule has 4 aromatic heterocycles. The quantitative estimate of drug-likeness (QED) is 0.231. The molecule has 0 fully saturated rings. The first kappa shape index (κ1) is 23.3. The fraction of sp³-hybridized carbons (Fsp3) is 0. The van der Waals surface area contributed by atoms with Crippen LogP contribution in [0.3, 0.4) is 0 Å². The Morgan fingerprint density at radius 1 is 0.390 bits per heavy atom. The highest BCUT2D eigenvalue weighted by Gasteiger charge is 2.14. The zero-order chi connectivity index (χ0) is 27.2. The molecule has 0 bridgehead atoms. The van der Waals surface area contributed by atoms with Crippen LogP contribution in [0.2, 0.25) is 0 Å². The topological polar surface area (TPSA) is 43.1 Å². The van der Waals surface area contributed by atoms with E-state index >= 15 is 0 Å². The van der Waals surface area contributed by atoms with E-state index in [2.05, 4.69) is 136 Å². The zero-order valence-electron chi connectivity index (χ0n) is 22.1. The van der Waals surface area contributed by atoms with Gasteiger partial charge in [-0.2, -0.15) is 0 Å². The summed E-state index contributed by atoms with van der Waals surface area (Å²) in [4.78, 5) is 13.6. The first-order chi connectivity index (χ1) is 20.3. The monoisotopic (exact) mass is 524 g/mol. The molecule has 0 spiro atoms. The summed E-state index contributed by atoms with van der Waals surface area (Å²) in [5, 5.41) is 1.21. The maximum Gasteiger partial charge on any atom is 0.0950 e. The summed E-state index contributed by atoms with van der Waals surface area (Å²) >= 11 is 0. The van der Waals surface area contributed by atoms with Crippen molar-refractivity contribution < 1.29 is 0 Å². The number of hydrogen-bond acceptors (Lipinski definition) is 3. The molecule has 0 unspecified atom stereocenters. The fourth-order valence-electron chi connectivity index (χ4n) is 5.76. The molecule has 192 valence electrons. The maximum atomic E-state index is 5.15. The molecule has 0 aliphatic rings. The Hall–Kier alpha value is -5.61. The Labute approximate surface area is 237 Å². The van der Waals surface area contributed by atoms with Crippen LogP contribution in [0, 0.1) is 0 Å². The highest BCUT2D eigenvalue weighted by molar-refractivity contribution is 5.98. The van der Waals surface area contributed by atoms with E-state index in [1.807, 2.05) is 24.8 Å². The second-order valence-corrected chi connectivity index (χ2v) is 10.2. The van der Waals surface area contributed by atoms with Crippen LogP contribution in [0.5, 0.6) is 0 Å². The fourth-order valence-corrected chi connectivity index (χ4v) is 5.76. The summed E-state index contributed by atoms with van der Waals surface area (Å²) in [6.45, 7) is 0. The van der Waals surface area contributed by atoms with Gasteiger partial charge >= 0.3 is 0 Å². The summed E-state index contributed by atoms with van der Waals surface area (Å²) in [6, 6.07) is 42.9. The lowest BCUT2D eigenvalue weighted by Gasteiger charge is -2.12. The number of nitrogens with zero attached hydrogens (tertiary/aromatic N) is 4. The van der Waals surface area contributed by atoms with Gasteiger partial charge in [-0.05, 0) is 100 Å². The Morgan fingerprint density at radius 2 is 0.902 bits per heavy atom. The molecule has 0 amide bonds. The van der Waals surface area contributed by atoms with Crippen LogP contribution in [0.15, 0.2) is 146 Å². The molecule has 0 saturated carbocycles. The van der Waals surface area contributed by atoms with Crippen LogP contribution in [0.1, 0.15) is 0 Å². The number of pyridine rings is 2. The summed E-state index contributed by atoms with van der Waals surface area (Å²) in [5.41, 5.74) is 13.3. The van der Waals surface area contributed by atoms with Crippen LogP contribution in [-0.4, -0.2) is 19.4 Å². The molecule has 0 aliphatic heterocycles. The van der Waals surface area contributed by atoms with E-state index < -0.39 is 0 Å². The molecule has 8 rings (SSSR count). The average Bonchev–Trinajstić information content (AvgIpc) is 3.45. The Balaban J connectivity index is 1.28. The van der Waals surface area contributed by atoms with Gasteiger partial charge in [0.05, 0.1) is 27.8 Å². The molecular formula is C37H24N4. The minimum atomic E-state index is 0.979. The summed E-state index contributed by atoms with van der Waals surface area (Å²) < 4.78 is 2.33. The van der Waals surface area contributed by atoms with Gasteiger partial charge in [0.15, 0.2) is 0 Å². The third kappa shape index (κ3) is 4.05. The van der Waals surface area contributed by atoms with Crippen molar-refractivity contribution in [3.05, 3.63) is 146 Å². The second kappa shape index (κ2) is 9.54. The number of fused-ring (bicyclic) bond motifs is 5. The number of rotatable bonds is 4. The van der Waals surface area contributed by atoms with Gasteiger partial charge in [0.25, 0.3) is 0 Å². The van der Waals surface area contributed by atoms with Gasteiger partial charge in [0.1, 0.15) is 0 Å². The van der Waals surface area contributed by atoms with E-state index in [0.717, 1.165) is 61.2 Å². The van der Waals surface area contributed by atoms with E-state index in [-0.39, 0.29) is 0 Å². The number of aromatic nitrogens is 4. The molecule has 0 aliphatic carbocycles. The van der Waals surface area contributed by atoms with E-state index in [9.17, 15) is 0 Å². The normalized spacial score (nSPS) is 11.4. The van der Waals surface area contributed by atoms with Gasteiger partial charge in [-0.1, -0.05) is 54.6 Å². The van der Waals surface area contributed by atoms with Crippen LogP contribution in [0.25, 0.3) is 72.1 Å². The minimum Gasteiger partial charge on any atom is -0.306 e. The van der Waals surface area contributed by atoms with E-state index in [4.69, 9.17) is 4.98 Å². The van der Waals surface area contributed by atoms with Crippen molar-refractivity contribution in [3.8, 4) is 44.6 Å². The van der Waals surface area contributed by atoms with Gasteiger partial charge < -0.3 is 4.40 Å². The molecular weight excluding hydrogens is 500 g/mol. The molecule has 0 N–H and O–H groups in total. The maximum absolute atomic E-state index is 5.15. The van der Waals surface area contributed by atoms with Crippen LogP contribution in [-0.2, 0) is 0 Å². The smallest absolute Gasteiger partial charge is 0.0950 e. The van der Waals surface area contributed by atoms with Gasteiger partial charge in [-0.15, -0.1) is 0 Å². The highest BCUT2D eigenvalue weighted by Crippen LogP contribution is 2.35. The molecule has 4 aromatic carbocycles. The number of hydrogen-bond donors (Lipinski definition) is 0. The Kier molecular flexibility index (Phi) is 5.42. The molecule has 41 heavy (non-hydrogen) atoms. The minimum absolute atomic E-state index is 0.979. The second-order valence-electron chi connectivity index (χ2n) is 10.2. The molecule has 4 heterocycles. The Morgan fingerprint density at radius 3 is 1.54 bits per heavy atom. The average molecular weight is 525 g/mol. The summed E-state index contributed by atoms with van der Waals surface area (Å²) in [7, 11) is 0. The summed E-state index contributed by atoms with van der Waals surface area (Å²) in [6.07, 6.45) is 7.35. The molecule has 0 atom stereocenters. The molecule has 4 nitrogen and oxygen atoms in total. The lowest BCUT2D eigenvalue weighted by molar-refractivity contribution is 1.27. The van der Waals surface area contributed by atoms with Crippen molar-refractivity contribution in [3.63, 3.8) is 0 Å². The van der Waals surface area contributed by atoms with Crippen LogP contribution < -0.4 is 0 Å². The van der Waals surface area contributed by atoms with Gasteiger partial charge in [0.2, 0.25) is 0 Å². The van der Waals surface area contributed by atoms with Crippen molar-refractivity contribution in [2.75, 3.05) is 0 Å². The predicted molar refractivity (Wildman–Crippen MR) is 168 cm³/mol. The number of para-hydroxylation sites is 3. The van der Waals surface area contributed by atoms with Crippen molar-refractivity contribution in [1.29, 1.82) is 0 Å². The van der Waals surface area contributed by atoms with E-state index in [1.165, 1.54) is 10.9 Å². The van der Waals surface area contributed by atoms with E-state index in [0.29, 0.717) is 0 Å². The van der Waals surface area contributed by atoms with Gasteiger partial charge in [0, 0.05) is 35.7 Å². The first-order valence-electron chi connectivity index (χ1n) is 13.7. The first-order valence-corrected chi connectivity index (χ1v) is 13.7. The largest absolute Gasteiger partial charge is 0.306 e. The van der Waals surface area contributed by atoms with Crippen molar-refractivity contribution in [2.45, 2.75) is 0 Å². The van der Waals surface area contributed by atoms with Crippen LogP contribution >= 0.6 is 0 Å². The van der Waals surface area contributed by atoms with Crippen molar-refractivity contribution >= 4 is 27.5 Å². The highest BCUT2D eigenvalue weighted by atomic mass is 14.9. The third-order valence-electron chi connectivity index (χ3n) is 7.76. The van der Waals surface area contributed by atoms with Gasteiger partial charge in [-0.25, -0.2) is 4.98 Å². The molecule has 8 aromatic rings. The summed E-state index contributed by atoms with van der Waals surface area (Å²) in [5.74, 6) is 0. The SMILES string of the molecule is c1ccc2c(c1)cc1c(-c3ccc(-c4cc(-c5ccncc5)cc(-c5ccncc5)c4)cc3)nc3ccccc3n12.